The number of carbonyl (C=O) groups excluding carboxylic acids is 1. The lowest BCUT2D eigenvalue weighted by Crippen LogP contribution is -2.47. The van der Waals surface area contributed by atoms with Gasteiger partial charge in [0.15, 0.2) is 5.75 Å². The summed E-state index contributed by atoms with van der Waals surface area (Å²) in [6.07, 6.45) is -5.94. The number of esters is 1. The Labute approximate surface area is 249 Å². The minimum absolute atomic E-state index is 0.0335. The SMILES string of the molecule is Cc1cc(Nc2cc(C(F)(F)F)ccn2)nc(C2C=NC(C3(N)CCCc4cc(C(=O)O)ccc43)S2)c1OC(=O)C(F)(F)F. The molecule has 232 valence electrons. The summed E-state index contributed by atoms with van der Waals surface area (Å²) in [5, 5.41) is 10.5. The van der Waals surface area contributed by atoms with Crippen LogP contribution in [0.2, 0.25) is 0 Å². The number of nitrogens with two attached hydrogens (primary N) is 1. The van der Waals surface area contributed by atoms with Gasteiger partial charge in [-0.25, -0.2) is 19.6 Å². The molecule has 2 aliphatic rings. The van der Waals surface area contributed by atoms with Crippen LogP contribution in [0, 0.1) is 6.92 Å². The number of ether oxygens (including phenoxy) is 1. The number of thioether (sulfide) groups is 1. The van der Waals surface area contributed by atoms with E-state index in [0.29, 0.717) is 24.8 Å². The van der Waals surface area contributed by atoms with Crippen LogP contribution >= 0.6 is 11.8 Å². The van der Waals surface area contributed by atoms with Crippen molar-refractivity contribution in [1.29, 1.82) is 0 Å². The minimum atomic E-state index is -5.32. The predicted octanol–water partition coefficient (Wildman–Crippen LogP) is 6.09. The third-order valence-electron chi connectivity index (χ3n) is 7.19. The van der Waals surface area contributed by atoms with Crippen LogP contribution in [0.5, 0.6) is 5.75 Å². The molecule has 1 aromatic carbocycles. The van der Waals surface area contributed by atoms with Gasteiger partial charge in [-0.05, 0) is 73.2 Å². The number of aliphatic imine (C=N–C) groups is 1. The molecule has 0 bridgehead atoms. The monoisotopic (exact) mass is 639 g/mol. The molecule has 0 saturated heterocycles. The van der Waals surface area contributed by atoms with E-state index >= 15 is 0 Å². The van der Waals surface area contributed by atoms with Gasteiger partial charge in [0.25, 0.3) is 0 Å². The van der Waals surface area contributed by atoms with Crippen LogP contribution in [0.4, 0.5) is 38.0 Å². The molecule has 1 aliphatic heterocycles. The second-order valence-corrected chi connectivity index (χ2v) is 11.5. The summed E-state index contributed by atoms with van der Waals surface area (Å²) in [7, 11) is 0. The number of hydrogen-bond donors (Lipinski definition) is 3. The Morgan fingerprint density at radius 1 is 1.11 bits per heavy atom. The lowest BCUT2D eigenvalue weighted by Gasteiger charge is -2.39. The highest BCUT2D eigenvalue weighted by Crippen LogP contribution is 2.50. The molecule has 0 spiro atoms. The fourth-order valence-electron chi connectivity index (χ4n) is 5.14. The second-order valence-electron chi connectivity index (χ2n) is 10.3. The Balaban J connectivity index is 1.50. The third kappa shape index (κ3) is 6.22. The van der Waals surface area contributed by atoms with E-state index in [1.807, 2.05) is 0 Å². The summed E-state index contributed by atoms with van der Waals surface area (Å²) in [5.74, 6) is -4.36. The lowest BCUT2D eigenvalue weighted by atomic mass is 9.76. The van der Waals surface area contributed by atoms with Crippen molar-refractivity contribution in [1.82, 2.24) is 9.97 Å². The number of anilines is 2. The number of fused-ring (bicyclic) bond motifs is 1. The number of aromatic nitrogens is 2. The van der Waals surface area contributed by atoms with Gasteiger partial charge < -0.3 is 20.9 Å². The zero-order valence-electron chi connectivity index (χ0n) is 22.7. The maximum Gasteiger partial charge on any atom is 0.491 e. The second kappa shape index (κ2) is 11.4. The summed E-state index contributed by atoms with van der Waals surface area (Å²) in [6, 6.07) is 7.34. The zero-order chi connectivity index (χ0) is 32.0. The molecule has 0 saturated carbocycles. The molecule has 3 heterocycles. The van der Waals surface area contributed by atoms with Crippen molar-refractivity contribution in [3.05, 3.63) is 76.1 Å². The molecule has 0 amide bonds. The average molecular weight is 640 g/mol. The van der Waals surface area contributed by atoms with E-state index in [4.69, 9.17) is 10.5 Å². The highest BCUT2D eigenvalue weighted by atomic mass is 32.2. The maximum atomic E-state index is 13.2. The van der Waals surface area contributed by atoms with Gasteiger partial charge >= 0.3 is 24.3 Å². The summed E-state index contributed by atoms with van der Waals surface area (Å²) in [6.45, 7) is 1.35. The highest BCUT2D eigenvalue weighted by Gasteiger charge is 2.46. The number of carboxylic acids is 1. The Kier molecular flexibility index (Phi) is 8.09. The fourth-order valence-corrected chi connectivity index (χ4v) is 6.47. The molecule has 0 fully saturated rings. The van der Waals surface area contributed by atoms with Crippen LogP contribution in [0.1, 0.15) is 56.4 Å². The van der Waals surface area contributed by atoms with Crippen molar-refractivity contribution in [2.75, 3.05) is 5.32 Å². The number of carbonyl (C=O) groups is 2. The molecule has 3 aromatic rings. The first-order chi connectivity index (χ1) is 20.6. The van der Waals surface area contributed by atoms with E-state index in [9.17, 15) is 41.0 Å². The van der Waals surface area contributed by atoms with Crippen molar-refractivity contribution in [2.45, 2.75) is 54.7 Å². The number of aromatic carboxylic acids is 1. The van der Waals surface area contributed by atoms with E-state index in [2.05, 4.69) is 20.3 Å². The molecule has 16 heteroatoms. The van der Waals surface area contributed by atoms with Crippen LogP contribution in [0.3, 0.4) is 0 Å². The van der Waals surface area contributed by atoms with Crippen LogP contribution in [-0.4, -0.2) is 44.8 Å². The van der Waals surface area contributed by atoms with Gasteiger partial charge in [0, 0.05) is 12.4 Å². The summed E-state index contributed by atoms with van der Waals surface area (Å²) in [5.41, 5.74) is 6.24. The first-order valence-electron chi connectivity index (χ1n) is 13.0. The van der Waals surface area contributed by atoms with Gasteiger partial charge in [-0.15, -0.1) is 11.8 Å². The fraction of sp³-hybridized carbons (Fsp3) is 0.321. The van der Waals surface area contributed by atoms with Gasteiger partial charge in [-0.3, -0.25) is 4.99 Å². The Morgan fingerprint density at radius 3 is 2.55 bits per heavy atom. The summed E-state index contributed by atoms with van der Waals surface area (Å²) >= 11 is 1.13. The van der Waals surface area contributed by atoms with E-state index in [1.54, 1.807) is 12.1 Å². The van der Waals surface area contributed by atoms with Crippen LogP contribution < -0.4 is 15.8 Å². The molecule has 3 atom stereocenters. The maximum absolute atomic E-state index is 13.2. The van der Waals surface area contributed by atoms with Gasteiger partial charge in [0.05, 0.1) is 21.9 Å². The standard InChI is InChI=1S/C28H23F6N5O4S/c1-13-9-20(38-19-11-16(6-8-36-19)27(29,30)31)39-21(22(13)43-25(42)28(32,33)34)18-12-37-24(44-18)26(35)7-2-3-14-10-15(23(40)41)4-5-17(14)26/h4-6,8-12,18,24H,2-3,7,35H2,1H3,(H,40,41)(H,36,38,39). The Hall–Kier alpha value is -4.18. The van der Waals surface area contributed by atoms with E-state index in [-0.39, 0.29) is 28.5 Å². The quantitative estimate of drug-likeness (QED) is 0.216. The van der Waals surface area contributed by atoms with Gasteiger partial charge in [-0.1, -0.05) is 6.07 Å². The molecule has 0 radical (unpaired) electrons. The molecule has 4 N–H and O–H groups in total. The molecule has 5 rings (SSSR count). The van der Waals surface area contributed by atoms with E-state index in [1.165, 1.54) is 25.3 Å². The number of benzene rings is 1. The van der Waals surface area contributed by atoms with Crippen molar-refractivity contribution >= 4 is 41.6 Å². The molecule has 44 heavy (non-hydrogen) atoms. The minimum Gasteiger partial charge on any atom is -0.478 e. The van der Waals surface area contributed by atoms with Crippen LogP contribution in [-0.2, 0) is 22.9 Å². The lowest BCUT2D eigenvalue weighted by molar-refractivity contribution is -0.189. The number of hydrogen-bond acceptors (Lipinski definition) is 9. The van der Waals surface area contributed by atoms with E-state index < -0.39 is 51.8 Å². The largest absolute Gasteiger partial charge is 0.491 e. The van der Waals surface area contributed by atoms with Crippen molar-refractivity contribution in [3.63, 3.8) is 0 Å². The number of nitrogens with one attached hydrogen (secondary N) is 1. The van der Waals surface area contributed by atoms with Crippen molar-refractivity contribution in [2.24, 2.45) is 10.7 Å². The van der Waals surface area contributed by atoms with Crippen LogP contribution in [0.25, 0.3) is 0 Å². The first kappa shape index (κ1) is 31.3. The Bertz CT molecular complexity index is 1660. The summed E-state index contributed by atoms with van der Waals surface area (Å²) in [4.78, 5) is 36.0. The summed E-state index contributed by atoms with van der Waals surface area (Å²) < 4.78 is 83.9. The zero-order valence-corrected chi connectivity index (χ0v) is 23.5. The number of rotatable bonds is 6. The molecule has 3 unspecified atom stereocenters. The van der Waals surface area contributed by atoms with E-state index in [0.717, 1.165) is 35.7 Å². The molecular formula is C28H23F6N5O4S. The highest BCUT2D eigenvalue weighted by molar-refractivity contribution is 8.01. The van der Waals surface area contributed by atoms with Crippen LogP contribution in [0.15, 0.2) is 47.6 Å². The van der Waals surface area contributed by atoms with Gasteiger partial charge in [-0.2, -0.15) is 26.3 Å². The third-order valence-corrected chi connectivity index (χ3v) is 8.63. The number of carboxylic acid groups (broad SMARTS) is 1. The molecule has 9 nitrogen and oxygen atoms in total. The van der Waals surface area contributed by atoms with Gasteiger partial charge in [0.2, 0.25) is 0 Å². The normalized spacial score (nSPS) is 21.5. The Morgan fingerprint density at radius 2 is 1.86 bits per heavy atom. The molecule has 1 aliphatic carbocycles. The number of alkyl halides is 6. The average Bonchev–Trinajstić information content (AvgIpc) is 3.44. The van der Waals surface area contributed by atoms with Gasteiger partial charge in [0.1, 0.15) is 22.7 Å². The number of aryl methyl sites for hydroxylation is 2. The predicted molar refractivity (Wildman–Crippen MR) is 148 cm³/mol. The van der Waals surface area contributed by atoms with Crippen molar-refractivity contribution in [3.8, 4) is 5.75 Å². The molecule has 2 aromatic heterocycles. The first-order valence-corrected chi connectivity index (χ1v) is 14.0. The number of pyridine rings is 2. The smallest absolute Gasteiger partial charge is 0.478 e. The number of nitrogens with zero attached hydrogens (tertiary/aromatic N) is 3. The molecular weight excluding hydrogens is 616 g/mol. The topological polar surface area (TPSA) is 140 Å². The van der Waals surface area contributed by atoms with Crippen molar-refractivity contribution < 1.29 is 45.8 Å². The number of halogens is 6.